The summed E-state index contributed by atoms with van der Waals surface area (Å²) in [5.41, 5.74) is 0.867. The zero-order valence-electron chi connectivity index (χ0n) is 12.2. The van der Waals surface area contributed by atoms with Crippen molar-refractivity contribution in [3.05, 3.63) is 47.2 Å². The fraction of sp³-hybridized carbons (Fsp3) is 0.267. The molecule has 1 atom stereocenters. The van der Waals surface area contributed by atoms with E-state index >= 15 is 0 Å². The van der Waals surface area contributed by atoms with Gasteiger partial charge in [0.05, 0.1) is 6.54 Å². The molecule has 0 saturated heterocycles. The summed E-state index contributed by atoms with van der Waals surface area (Å²) < 4.78 is 28.2. The van der Waals surface area contributed by atoms with E-state index in [0.29, 0.717) is 16.5 Å². The third-order valence-corrected chi connectivity index (χ3v) is 4.99. The molecule has 1 amide bonds. The summed E-state index contributed by atoms with van der Waals surface area (Å²) in [5, 5.41) is 2.10. The van der Waals surface area contributed by atoms with Crippen molar-refractivity contribution >= 4 is 27.3 Å². The molecule has 7 heteroatoms. The van der Waals surface area contributed by atoms with Crippen LogP contribution in [0.15, 0.2) is 40.8 Å². The van der Waals surface area contributed by atoms with Gasteiger partial charge >= 0.3 is 0 Å². The molecule has 1 heterocycles. The van der Waals surface area contributed by atoms with E-state index in [0.717, 1.165) is 11.8 Å². The Morgan fingerprint density at radius 2 is 1.86 bits per heavy atom. The number of hydrogen-bond acceptors (Lipinski definition) is 4. The largest absolute Gasteiger partial charge is 0.459 e. The average Bonchev–Trinajstić information content (AvgIpc) is 2.92. The van der Waals surface area contributed by atoms with Crippen molar-refractivity contribution in [3.63, 3.8) is 0 Å². The number of amides is 1. The monoisotopic (exact) mass is 341 g/mol. The van der Waals surface area contributed by atoms with Crippen LogP contribution in [0.25, 0.3) is 11.3 Å². The summed E-state index contributed by atoms with van der Waals surface area (Å²) in [6.45, 7) is 1.48. The van der Waals surface area contributed by atoms with Gasteiger partial charge in [-0.1, -0.05) is 11.6 Å². The van der Waals surface area contributed by atoms with Gasteiger partial charge in [0, 0.05) is 16.8 Å². The predicted molar refractivity (Wildman–Crippen MR) is 85.3 cm³/mol. The van der Waals surface area contributed by atoms with Crippen LogP contribution in [-0.4, -0.2) is 25.8 Å². The maximum absolute atomic E-state index is 11.7. The number of carbonyl (C=O) groups is 1. The zero-order valence-corrected chi connectivity index (χ0v) is 13.7. The normalized spacial score (nSPS) is 12.9. The number of hydrogen-bond donors (Lipinski definition) is 1. The van der Waals surface area contributed by atoms with E-state index in [1.54, 1.807) is 24.3 Å². The second kappa shape index (κ2) is 6.54. The van der Waals surface area contributed by atoms with E-state index in [-0.39, 0.29) is 6.54 Å². The lowest BCUT2D eigenvalue weighted by atomic mass is 10.2. The summed E-state index contributed by atoms with van der Waals surface area (Å²) in [6.07, 6.45) is 1.03. The molecule has 0 bridgehead atoms. The maximum Gasteiger partial charge on any atom is 0.238 e. The Hall–Kier alpha value is -1.79. The van der Waals surface area contributed by atoms with E-state index in [2.05, 4.69) is 5.32 Å². The molecule has 2 aromatic rings. The summed E-state index contributed by atoms with van der Waals surface area (Å²) >= 11 is 5.83. The van der Waals surface area contributed by atoms with Crippen LogP contribution in [0.3, 0.4) is 0 Å². The van der Waals surface area contributed by atoms with Gasteiger partial charge in [0.2, 0.25) is 5.91 Å². The van der Waals surface area contributed by atoms with Gasteiger partial charge in [-0.15, -0.1) is 0 Å². The Labute approximate surface area is 134 Å². The van der Waals surface area contributed by atoms with Crippen molar-refractivity contribution in [2.45, 2.75) is 18.7 Å². The third kappa shape index (κ3) is 4.11. The Bertz CT molecular complexity index is 765. The van der Waals surface area contributed by atoms with Crippen LogP contribution in [0.2, 0.25) is 5.02 Å². The number of carbonyl (C=O) groups excluding carboxylic acids is 1. The van der Waals surface area contributed by atoms with Crippen LogP contribution in [0.5, 0.6) is 0 Å². The van der Waals surface area contributed by atoms with Crippen molar-refractivity contribution < 1.29 is 17.6 Å². The SMILES string of the molecule is C[C@H](C(=O)NCc1ccc(-c2ccc(Cl)cc2)o1)S(C)(=O)=O. The molecular formula is C15H16ClNO4S. The van der Waals surface area contributed by atoms with Crippen molar-refractivity contribution in [2.24, 2.45) is 0 Å². The summed E-state index contributed by atoms with van der Waals surface area (Å²) in [4.78, 5) is 11.7. The smallest absolute Gasteiger partial charge is 0.238 e. The summed E-state index contributed by atoms with van der Waals surface area (Å²) in [5.74, 6) is 0.642. The minimum Gasteiger partial charge on any atom is -0.459 e. The second-order valence-electron chi connectivity index (χ2n) is 4.96. The highest BCUT2D eigenvalue weighted by Crippen LogP contribution is 2.23. The van der Waals surface area contributed by atoms with Gasteiger partial charge in [-0.2, -0.15) is 0 Å². The van der Waals surface area contributed by atoms with E-state index in [4.69, 9.17) is 16.0 Å². The number of nitrogens with one attached hydrogen (secondary N) is 1. The summed E-state index contributed by atoms with van der Waals surface area (Å²) in [7, 11) is -3.40. The molecule has 118 valence electrons. The first-order valence-corrected chi connectivity index (χ1v) is 8.92. The molecule has 0 spiro atoms. The van der Waals surface area contributed by atoms with Crippen LogP contribution in [-0.2, 0) is 21.2 Å². The van der Waals surface area contributed by atoms with E-state index in [1.165, 1.54) is 6.92 Å². The van der Waals surface area contributed by atoms with Crippen molar-refractivity contribution in [2.75, 3.05) is 6.26 Å². The van der Waals surface area contributed by atoms with Crippen molar-refractivity contribution in [1.29, 1.82) is 0 Å². The van der Waals surface area contributed by atoms with Crippen molar-refractivity contribution in [1.82, 2.24) is 5.32 Å². The highest BCUT2D eigenvalue weighted by Gasteiger charge is 2.23. The van der Waals surface area contributed by atoms with E-state index in [9.17, 15) is 13.2 Å². The van der Waals surface area contributed by atoms with Gasteiger partial charge in [0.15, 0.2) is 9.84 Å². The molecule has 0 aliphatic carbocycles. The van der Waals surface area contributed by atoms with Crippen LogP contribution in [0.4, 0.5) is 0 Å². The zero-order chi connectivity index (χ0) is 16.3. The number of furan rings is 1. The molecule has 1 aromatic carbocycles. The third-order valence-electron chi connectivity index (χ3n) is 3.24. The van der Waals surface area contributed by atoms with Crippen LogP contribution in [0, 0.1) is 0 Å². The summed E-state index contributed by atoms with van der Waals surface area (Å²) in [6, 6.07) is 10.7. The molecule has 5 nitrogen and oxygen atoms in total. The predicted octanol–water partition coefficient (Wildman–Crippen LogP) is 2.65. The van der Waals surface area contributed by atoms with Crippen molar-refractivity contribution in [3.8, 4) is 11.3 Å². The van der Waals surface area contributed by atoms with E-state index < -0.39 is 21.0 Å². The van der Waals surface area contributed by atoms with Gasteiger partial charge in [0.1, 0.15) is 16.8 Å². The van der Waals surface area contributed by atoms with E-state index in [1.807, 2.05) is 12.1 Å². The minimum absolute atomic E-state index is 0.131. The maximum atomic E-state index is 11.7. The number of rotatable bonds is 5. The first-order chi connectivity index (χ1) is 10.3. The molecule has 1 aromatic heterocycles. The molecular weight excluding hydrogens is 326 g/mol. The standard InChI is InChI=1S/C15H16ClNO4S/c1-10(22(2,19)20)15(18)17-9-13-7-8-14(21-13)11-3-5-12(16)6-4-11/h3-8,10H,9H2,1-2H3,(H,17,18)/t10-/m1/s1. The molecule has 2 rings (SSSR count). The molecule has 0 saturated carbocycles. The lowest BCUT2D eigenvalue weighted by Crippen LogP contribution is -2.36. The van der Waals surface area contributed by atoms with Gasteiger partial charge in [0.25, 0.3) is 0 Å². The quantitative estimate of drug-likeness (QED) is 0.907. The Morgan fingerprint density at radius 3 is 2.45 bits per heavy atom. The second-order valence-corrected chi connectivity index (χ2v) is 7.77. The van der Waals surface area contributed by atoms with Gasteiger partial charge in [-0.25, -0.2) is 8.42 Å². The fourth-order valence-corrected chi connectivity index (χ4v) is 2.35. The molecule has 0 aliphatic rings. The highest BCUT2D eigenvalue weighted by atomic mass is 35.5. The van der Waals surface area contributed by atoms with Crippen LogP contribution in [0.1, 0.15) is 12.7 Å². The fourth-order valence-electron chi connectivity index (χ4n) is 1.75. The molecule has 0 aliphatic heterocycles. The van der Waals surface area contributed by atoms with Crippen LogP contribution >= 0.6 is 11.6 Å². The molecule has 0 fully saturated rings. The minimum atomic E-state index is -3.40. The molecule has 0 radical (unpaired) electrons. The first kappa shape index (κ1) is 16.6. The Morgan fingerprint density at radius 1 is 1.23 bits per heavy atom. The number of benzene rings is 1. The molecule has 1 N–H and O–H groups in total. The first-order valence-electron chi connectivity index (χ1n) is 6.58. The van der Waals surface area contributed by atoms with Crippen LogP contribution < -0.4 is 5.32 Å². The number of sulfone groups is 1. The van der Waals surface area contributed by atoms with Gasteiger partial charge < -0.3 is 9.73 Å². The average molecular weight is 342 g/mol. The molecule has 22 heavy (non-hydrogen) atoms. The topological polar surface area (TPSA) is 76.4 Å². The van der Waals surface area contributed by atoms with Gasteiger partial charge in [-0.05, 0) is 43.3 Å². The Kier molecular flexibility index (Phi) is 4.93. The number of halogens is 1. The highest BCUT2D eigenvalue weighted by molar-refractivity contribution is 7.92. The molecule has 0 unspecified atom stereocenters. The Balaban J connectivity index is 2.01. The lowest BCUT2D eigenvalue weighted by molar-refractivity contribution is -0.120. The lowest BCUT2D eigenvalue weighted by Gasteiger charge is -2.09. The van der Waals surface area contributed by atoms with Gasteiger partial charge in [-0.3, -0.25) is 4.79 Å².